The number of hydrogen-bond donors (Lipinski definition) is 2. The number of fused-ring (bicyclic) bond motifs is 1. The quantitative estimate of drug-likeness (QED) is 0.844. The van der Waals surface area contributed by atoms with Gasteiger partial charge in [-0.15, -0.1) is 0 Å². The van der Waals surface area contributed by atoms with Crippen molar-refractivity contribution in [1.82, 2.24) is 9.97 Å². The molecule has 1 atom stereocenters. The third-order valence-corrected chi connectivity index (χ3v) is 3.95. The first kappa shape index (κ1) is 13.9. The molecule has 110 valence electrons. The maximum absolute atomic E-state index is 5.86. The predicted octanol–water partition coefficient (Wildman–Crippen LogP) is 3.59. The van der Waals surface area contributed by atoms with Crippen LogP contribution in [0.5, 0.6) is 0 Å². The van der Waals surface area contributed by atoms with Gasteiger partial charge in [0.15, 0.2) is 0 Å². The predicted molar refractivity (Wildman–Crippen MR) is 86.4 cm³/mol. The van der Waals surface area contributed by atoms with E-state index < -0.39 is 0 Å². The molecule has 1 aliphatic carbocycles. The van der Waals surface area contributed by atoms with E-state index in [1.165, 1.54) is 11.1 Å². The van der Waals surface area contributed by atoms with E-state index in [-0.39, 0.29) is 0 Å². The highest BCUT2D eigenvalue weighted by atomic mass is 15.1. The molecule has 0 bridgehead atoms. The van der Waals surface area contributed by atoms with Gasteiger partial charge in [0.25, 0.3) is 0 Å². The molecular formula is C17H22N4. The highest BCUT2D eigenvalue weighted by Crippen LogP contribution is 2.34. The van der Waals surface area contributed by atoms with Crippen molar-refractivity contribution in [1.29, 1.82) is 0 Å². The van der Waals surface area contributed by atoms with Crippen molar-refractivity contribution in [3.05, 3.63) is 46.9 Å². The molecule has 0 fully saturated rings. The van der Waals surface area contributed by atoms with Crippen molar-refractivity contribution in [3.63, 3.8) is 0 Å². The van der Waals surface area contributed by atoms with Crippen LogP contribution in [0.2, 0.25) is 0 Å². The number of benzene rings is 1. The van der Waals surface area contributed by atoms with Gasteiger partial charge >= 0.3 is 0 Å². The number of anilines is 2. The van der Waals surface area contributed by atoms with Crippen LogP contribution in [0.4, 0.5) is 11.5 Å². The van der Waals surface area contributed by atoms with Gasteiger partial charge in [-0.2, -0.15) is 0 Å². The molecule has 4 nitrogen and oxygen atoms in total. The van der Waals surface area contributed by atoms with Crippen molar-refractivity contribution < 1.29 is 0 Å². The molecule has 0 radical (unpaired) electrons. The number of aryl methyl sites for hydroxylation is 2. The van der Waals surface area contributed by atoms with Gasteiger partial charge in [-0.1, -0.05) is 19.9 Å². The first-order valence-corrected chi connectivity index (χ1v) is 7.53. The smallest absolute Gasteiger partial charge is 0.133 e. The SMILES string of the molecule is Cc1cc(NC2CCc3cc(N)ccc32)nc(C(C)C)n1. The number of nitrogens with zero attached hydrogens (tertiary/aromatic N) is 2. The second-order valence-electron chi connectivity index (χ2n) is 6.10. The summed E-state index contributed by atoms with van der Waals surface area (Å²) in [6.45, 7) is 6.25. The summed E-state index contributed by atoms with van der Waals surface area (Å²) in [6, 6.07) is 8.52. The topological polar surface area (TPSA) is 63.8 Å². The number of hydrogen-bond acceptors (Lipinski definition) is 4. The van der Waals surface area contributed by atoms with Crippen LogP contribution in [0.25, 0.3) is 0 Å². The molecule has 0 saturated carbocycles. The summed E-state index contributed by atoms with van der Waals surface area (Å²) in [6.07, 6.45) is 2.15. The first-order chi connectivity index (χ1) is 10.0. The summed E-state index contributed by atoms with van der Waals surface area (Å²) in [5.41, 5.74) is 10.4. The second kappa shape index (κ2) is 5.35. The third kappa shape index (κ3) is 2.84. The van der Waals surface area contributed by atoms with Gasteiger partial charge in [-0.05, 0) is 43.0 Å². The van der Waals surface area contributed by atoms with Crippen LogP contribution in [-0.2, 0) is 6.42 Å². The maximum Gasteiger partial charge on any atom is 0.133 e. The molecule has 1 aliphatic rings. The molecule has 3 N–H and O–H groups in total. The zero-order valence-electron chi connectivity index (χ0n) is 12.9. The van der Waals surface area contributed by atoms with Crippen LogP contribution < -0.4 is 11.1 Å². The highest BCUT2D eigenvalue weighted by molar-refractivity contribution is 5.50. The van der Waals surface area contributed by atoms with Gasteiger partial charge in [-0.25, -0.2) is 9.97 Å². The largest absolute Gasteiger partial charge is 0.399 e. The molecule has 0 saturated heterocycles. The van der Waals surface area contributed by atoms with E-state index in [9.17, 15) is 0 Å². The van der Waals surface area contributed by atoms with Crippen LogP contribution >= 0.6 is 0 Å². The molecule has 21 heavy (non-hydrogen) atoms. The molecular weight excluding hydrogens is 260 g/mol. The van der Waals surface area contributed by atoms with Crippen molar-refractivity contribution in [2.75, 3.05) is 11.1 Å². The second-order valence-corrected chi connectivity index (χ2v) is 6.10. The fourth-order valence-corrected chi connectivity index (χ4v) is 2.89. The van der Waals surface area contributed by atoms with Crippen LogP contribution in [0.15, 0.2) is 24.3 Å². The van der Waals surface area contributed by atoms with E-state index in [0.29, 0.717) is 12.0 Å². The van der Waals surface area contributed by atoms with Gasteiger partial charge in [-0.3, -0.25) is 0 Å². The van der Waals surface area contributed by atoms with Crippen molar-refractivity contribution in [2.45, 2.75) is 45.6 Å². The van der Waals surface area contributed by atoms with Crippen LogP contribution in [-0.4, -0.2) is 9.97 Å². The Balaban J connectivity index is 1.86. The van der Waals surface area contributed by atoms with Crippen molar-refractivity contribution >= 4 is 11.5 Å². The summed E-state index contributed by atoms with van der Waals surface area (Å²) in [7, 11) is 0. The lowest BCUT2D eigenvalue weighted by Gasteiger charge is -2.16. The Morgan fingerprint density at radius 3 is 2.81 bits per heavy atom. The van der Waals surface area contributed by atoms with E-state index in [4.69, 9.17) is 5.73 Å². The van der Waals surface area contributed by atoms with Gasteiger partial charge in [0.2, 0.25) is 0 Å². The molecule has 3 rings (SSSR count). The fourth-order valence-electron chi connectivity index (χ4n) is 2.89. The Bertz CT molecular complexity index is 664. The molecule has 1 aromatic carbocycles. The Morgan fingerprint density at radius 2 is 2.05 bits per heavy atom. The number of aromatic nitrogens is 2. The third-order valence-electron chi connectivity index (χ3n) is 3.95. The minimum atomic E-state index is 0.315. The summed E-state index contributed by atoms with van der Waals surface area (Å²) in [4.78, 5) is 9.14. The minimum absolute atomic E-state index is 0.315. The summed E-state index contributed by atoms with van der Waals surface area (Å²) < 4.78 is 0. The summed E-state index contributed by atoms with van der Waals surface area (Å²) >= 11 is 0. The van der Waals surface area contributed by atoms with Gasteiger partial charge in [0, 0.05) is 23.4 Å². The lowest BCUT2D eigenvalue weighted by molar-refractivity contribution is 0.736. The van der Waals surface area contributed by atoms with E-state index in [1.807, 2.05) is 19.1 Å². The molecule has 4 heteroatoms. The average Bonchev–Trinajstić information content (AvgIpc) is 2.80. The highest BCUT2D eigenvalue weighted by Gasteiger charge is 2.23. The summed E-state index contributed by atoms with van der Waals surface area (Å²) in [5.74, 6) is 2.15. The first-order valence-electron chi connectivity index (χ1n) is 7.53. The molecule has 1 unspecified atom stereocenters. The normalized spacial score (nSPS) is 17.0. The van der Waals surface area contributed by atoms with Gasteiger partial charge in [0.05, 0.1) is 6.04 Å². The lowest BCUT2D eigenvalue weighted by Crippen LogP contribution is -2.11. The van der Waals surface area contributed by atoms with Crippen molar-refractivity contribution in [3.8, 4) is 0 Å². The van der Waals surface area contributed by atoms with E-state index in [2.05, 4.69) is 41.3 Å². The maximum atomic E-state index is 5.86. The monoisotopic (exact) mass is 282 g/mol. The van der Waals surface area contributed by atoms with E-state index in [0.717, 1.165) is 35.9 Å². The Kier molecular flexibility index (Phi) is 3.53. The molecule has 1 aromatic heterocycles. The van der Waals surface area contributed by atoms with Crippen LogP contribution in [0.3, 0.4) is 0 Å². The number of nitrogens with two attached hydrogens (primary N) is 1. The zero-order chi connectivity index (χ0) is 15.0. The Labute approximate surface area is 125 Å². The number of nitrogen functional groups attached to an aromatic ring is 1. The molecule has 1 heterocycles. The number of rotatable bonds is 3. The Hall–Kier alpha value is -2.10. The molecule has 0 spiro atoms. The molecule has 0 aliphatic heterocycles. The lowest BCUT2D eigenvalue weighted by atomic mass is 10.1. The Morgan fingerprint density at radius 1 is 1.24 bits per heavy atom. The minimum Gasteiger partial charge on any atom is -0.399 e. The van der Waals surface area contributed by atoms with Crippen LogP contribution in [0.1, 0.15) is 54.9 Å². The fraction of sp³-hybridized carbons (Fsp3) is 0.412. The van der Waals surface area contributed by atoms with E-state index in [1.54, 1.807) is 0 Å². The van der Waals surface area contributed by atoms with Crippen LogP contribution in [0, 0.1) is 6.92 Å². The average molecular weight is 282 g/mol. The molecule has 0 amide bonds. The molecule has 2 aromatic rings. The number of nitrogens with one attached hydrogen (secondary N) is 1. The van der Waals surface area contributed by atoms with Gasteiger partial charge < -0.3 is 11.1 Å². The van der Waals surface area contributed by atoms with E-state index >= 15 is 0 Å². The van der Waals surface area contributed by atoms with Gasteiger partial charge in [0.1, 0.15) is 11.6 Å². The zero-order valence-corrected chi connectivity index (χ0v) is 12.9. The summed E-state index contributed by atoms with van der Waals surface area (Å²) in [5, 5.41) is 3.56. The van der Waals surface area contributed by atoms with Crippen molar-refractivity contribution in [2.24, 2.45) is 0 Å². The standard InChI is InChI=1S/C17H22N4/c1-10(2)17-19-11(3)8-16(21-17)20-15-7-4-12-9-13(18)5-6-14(12)15/h5-6,8-10,15H,4,7,18H2,1-3H3,(H,19,20,21).